The standard InChI is InChI=1S/C12H17BrN2O/c1-14-12(11-8-16-7-6-15-11)9-2-4-10(13)5-3-9/h2-5,11-12,14-15H,6-8H2,1H3. The number of hydrogen-bond donors (Lipinski definition) is 2. The minimum Gasteiger partial charge on any atom is -0.378 e. The molecule has 1 heterocycles. The molecule has 88 valence electrons. The Morgan fingerprint density at radius 3 is 2.75 bits per heavy atom. The molecule has 1 aromatic rings. The van der Waals surface area contributed by atoms with Crippen LogP contribution in [0, 0.1) is 0 Å². The van der Waals surface area contributed by atoms with Crippen molar-refractivity contribution in [3.05, 3.63) is 34.3 Å². The molecule has 1 saturated heterocycles. The van der Waals surface area contributed by atoms with Crippen molar-refractivity contribution < 1.29 is 4.74 Å². The lowest BCUT2D eigenvalue weighted by Gasteiger charge is -2.31. The van der Waals surface area contributed by atoms with Crippen molar-refractivity contribution >= 4 is 15.9 Å². The van der Waals surface area contributed by atoms with Crippen LogP contribution in [0.4, 0.5) is 0 Å². The first kappa shape index (κ1) is 12.0. The van der Waals surface area contributed by atoms with Crippen molar-refractivity contribution in [2.24, 2.45) is 0 Å². The van der Waals surface area contributed by atoms with Gasteiger partial charge in [-0.05, 0) is 24.7 Å². The Kier molecular flexibility index (Phi) is 4.35. The Bertz CT molecular complexity index is 322. The molecule has 0 aliphatic carbocycles. The van der Waals surface area contributed by atoms with E-state index in [2.05, 4.69) is 50.8 Å². The predicted octanol–water partition coefficient (Wildman–Crippen LogP) is 1.70. The Morgan fingerprint density at radius 2 is 2.19 bits per heavy atom. The van der Waals surface area contributed by atoms with E-state index in [9.17, 15) is 0 Å². The summed E-state index contributed by atoms with van der Waals surface area (Å²) in [6, 6.07) is 9.07. The van der Waals surface area contributed by atoms with Crippen LogP contribution in [0.5, 0.6) is 0 Å². The van der Waals surface area contributed by atoms with Crippen molar-refractivity contribution in [3.8, 4) is 0 Å². The van der Waals surface area contributed by atoms with Crippen LogP contribution in [-0.4, -0.2) is 32.8 Å². The first-order valence-corrected chi connectivity index (χ1v) is 6.34. The van der Waals surface area contributed by atoms with Crippen molar-refractivity contribution in [1.82, 2.24) is 10.6 Å². The average Bonchev–Trinajstić information content (AvgIpc) is 2.34. The van der Waals surface area contributed by atoms with Gasteiger partial charge >= 0.3 is 0 Å². The van der Waals surface area contributed by atoms with Gasteiger partial charge in [0.2, 0.25) is 0 Å². The lowest BCUT2D eigenvalue weighted by Crippen LogP contribution is -2.48. The summed E-state index contributed by atoms with van der Waals surface area (Å²) < 4.78 is 6.61. The SMILES string of the molecule is CNC(c1ccc(Br)cc1)C1COCCN1. The highest BCUT2D eigenvalue weighted by Gasteiger charge is 2.23. The molecular weight excluding hydrogens is 268 g/mol. The molecule has 0 radical (unpaired) electrons. The van der Waals surface area contributed by atoms with Gasteiger partial charge in [-0.3, -0.25) is 0 Å². The van der Waals surface area contributed by atoms with Gasteiger partial charge in [-0.1, -0.05) is 28.1 Å². The molecule has 4 heteroatoms. The molecule has 0 bridgehead atoms. The van der Waals surface area contributed by atoms with Crippen LogP contribution in [-0.2, 0) is 4.74 Å². The van der Waals surface area contributed by atoms with Gasteiger partial charge in [0.15, 0.2) is 0 Å². The Labute approximate surface area is 105 Å². The van der Waals surface area contributed by atoms with E-state index in [4.69, 9.17) is 4.74 Å². The molecule has 2 rings (SSSR count). The first-order valence-electron chi connectivity index (χ1n) is 5.55. The minimum absolute atomic E-state index is 0.299. The molecular formula is C12H17BrN2O. The molecule has 3 nitrogen and oxygen atoms in total. The fourth-order valence-corrected chi connectivity index (χ4v) is 2.33. The number of halogens is 1. The largest absolute Gasteiger partial charge is 0.378 e. The monoisotopic (exact) mass is 284 g/mol. The number of hydrogen-bond acceptors (Lipinski definition) is 3. The van der Waals surface area contributed by atoms with E-state index in [1.54, 1.807) is 0 Å². The fourth-order valence-electron chi connectivity index (χ4n) is 2.07. The highest BCUT2D eigenvalue weighted by Crippen LogP contribution is 2.20. The number of nitrogens with one attached hydrogen (secondary N) is 2. The molecule has 1 aliphatic rings. The zero-order chi connectivity index (χ0) is 11.4. The smallest absolute Gasteiger partial charge is 0.0638 e. The average molecular weight is 285 g/mol. The number of likely N-dealkylation sites (N-methyl/N-ethyl adjacent to an activating group) is 1. The van der Waals surface area contributed by atoms with E-state index in [1.165, 1.54) is 5.56 Å². The number of rotatable bonds is 3. The maximum absolute atomic E-state index is 5.50. The van der Waals surface area contributed by atoms with Crippen LogP contribution < -0.4 is 10.6 Å². The Hall–Kier alpha value is -0.420. The summed E-state index contributed by atoms with van der Waals surface area (Å²) in [6.45, 7) is 2.51. The summed E-state index contributed by atoms with van der Waals surface area (Å²) in [5.74, 6) is 0. The van der Waals surface area contributed by atoms with E-state index in [1.807, 2.05) is 7.05 Å². The van der Waals surface area contributed by atoms with Crippen molar-refractivity contribution in [2.45, 2.75) is 12.1 Å². The third kappa shape index (κ3) is 2.83. The second-order valence-corrected chi connectivity index (χ2v) is 4.87. The Balaban J connectivity index is 2.11. The number of benzene rings is 1. The van der Waals surface area contributed by atoms with E-state index in [-0.39, 0.29) is 0 Å². The number of ether oxygens (including phenoxy) is 1. The molecule has 2 N–H and O–H groups in total. The molecule has 16 heavy (non-hydrogen) atoms. The summed E-state index contributed by atoms with van der Waals surface area (Å²) in [4.78, 5) is 0. The van der Waals surface area contributed by atoms with Crippen LogP contribution in [0.25, 0.3) is 0 Å². The van der Waals surface area contributed by atoms with Gasteiger partial charge in [-0.25, -0.2) is 0 Å². The van der Waals surface area contributed by atoms with Gasteiger partial charge in [0.1, 0.15) is 0 Å². The highest BCUT2D eigenvalue weighted by atomic mass is 79.9. The quantitative estimate of drug-likeness (QED) is 0.887. The van der Waals surface area contributed by atoms with Gasteiger partial charge in [-0.2, -0.15) is 0 Å². The van der Waals surface area contributed by atoms with Crippen molar-refractivity contribution in [3.63, 3.8) is 0 Å². The number of morpholine rings is 1. The van der Waals surface area contributed by atoms with Crippen LogP contribution in [0.2, 0.25) is 0 Å². The topological polar surface area (TPSA) is 33.3 Å². The van der Waals surface area contributed by atoms with Crippen LogP contribution >= 0.6 is 15.9 Å². The normalized spacial score (nSPS) is 23.0. The molecule has 0 spiro atoms. The van der Waals surface area contributed by atoms with E-state index in [0.29, 0.717) is 12.1 Å². The van der Waals surface area contributed by atoms with Crippen molar-refractivity contribution in [2.75, 3.05) is 26.8 Å². The molecule has 0 amide bonds. The highest BCUT2D eigenvalue weighted by molar-refractivity contribution is 9.10. The first-order chi connectivity index (χ1) is 7.81. The van der Waals surface area contributed by atoms with Gasteiger partial charge < -0.3 is 15.4 Å². The second kappa shape index (κ2) is 5.77. The van der Waals surface area contributed by atoms with Crippen LogP contribution in [0.15, 0.2) is 28.7 Å². The second-order valence-electron chi connectivity index (χ2n) is 3.95. The predicted molar refractivity (Wildman–Crippen MR) is 68.6 cm³/mol. The molecule has 1 aromatic carbocycles. The van der Waals surface area contributed by atoms with Crippen LogP contribution in [0.1, 0.15) is 11.6 Å². The zero-order valence-electron chi connectivity index (χ0n) is 9.37. The molecule has 2 atom stereocenters. The maximum Gasteiger partial charge on any atom is 0.0638 e. The minimum atomic E-state index is 0.299. The third-order valence-corrected chi connectivity index (χ3v) is 3.42. The lowest BCUT2D eigenvalue weighted by molar-refractivity contribution is 0.0645. The van der Waals surface area contributed by atoms with Crippen LogP contribution in [0.3, 0.4) is 0 Å². The fraction of sp³-hybridized carbons (Fsp3) is 0.500. The zero-order valence-corrected chi connectivity index (χ0v) is 11.0. The summed E-state index contributed by atoms with van der Waals surface area (Å²) in [5, 5.41) is 6.83. The molecule has 0 saturated carbocycles. The lowest BCUT2D eigenvalue weighted by atomic mass is 9.99. The summed E-state index contributed by atoms with van der Waals surface area (Å²) in [7, 11) is 1.99. The van der Waals surface area contributed by atoms with Gasteiger partial charge in [0.05, 0.1) is 19.3 Å². The third-order valence-electron chi connectivity index (χ3n) is 2.89. The van der Waals surface area contributed by atoms with E-state index >= 15 is 0 Å². The molecule has 1 fully saturated rings. The summed E-state index contributed by atoms with van der Waals surface area (Å²) in [6.07, 6.45) is 0. The molecule has 0 aromatic heterocycles. The maximum atomic E-state index is 5.50. The van der Waals surface area contributed by atoms with Gasteiger partial charge in [0.25, 0.3) is 0 Å². The Morgan fingerprint density at radius 1 is 1.44 bits per heavy atom. The van der Waals surface area contributed by atoms with E-state index < -0.39 is 0 Å². The van der Waals surface area contributed by atoms with Gasteiger partial charge in [0, 0.05) is 17.1 Å². The molecule has 2 unspecified atom stereocenters. The van der Waals surface area contributed by atoms with Gasteiger partial charge in [-0.15, -0.1) is 0 Å². The summed E-state index contributed by atoms with van der Waals surface area (Å²) in [5.41, 5.74) is 1.29. The van der Waals surface area contributed by atoms with E-state index in [0.717, 1.165) is 24.2 Å². The summed E-state index contributed by atoms with van der Waals surface area (Å²) >= 11 is 3.45. The molecule has 1 aliphatic heterocycles. The van der Waals surface area contributed by atoms with Crippen molar-refractivity contribution in [1.29, 1.82) is 0 Å².